The zero-order valence-corrected chi connectivity index (χ0v) is 11.5. The number of carbonyl (C=O) groups excluding carboxylic acids is 1. The Hall–Kier alpha value is -1.21. The molecule has 3 N–H and O–H groups in total. The molecule has 7 heteroatoms. The summed E-state index contributed by atoms with van der Waals surface area (Å²) < 4.78 is 7.07. The van der Waals surface area contributed by atoms with Gasteiger partial charge in [-0.2, -0.15) is 16.9 Å². The Balaban J connectivity index is 1.54. The number of nitrogens with one attached hydrogen (secondary N) is 1. The van der Waals surface area contributed by atoms with E-state index in [4.69, 9.17) is 10.5 Å². The highest BCUT2D eigenvalue weighted by molar-refractivity contribution is 7.98. The van der Waals surface area contributed by atoms with Gasteiger partial charge in [0.25, 0.3) is 0 Å². The van der Waals surface area contributed by atoms with Crippen LogP contribution in [0.3, 0.4) is 0 Å². The number of fused-ring (bicyclic) bond motifs is 1. The predicted octanol–water partition coefficient (Wildman–Crippen LogP) is 0.507. The van der Waals surface area contributed by atoms with Crippen molar-refractivity contribution < 1.29 is 9.53 Å². The minimum Gasteiger partial charge on any atom is -0.384 e. The molecule has 0 aromatic carbocycles. The molecule has 104 valence electrons. The number of carbonyl (C=O) groups is 1. The third-order valence-electron chi connectivity index (χ3n) is 3.51. The number of anilines is 1. The van der Waals surface area contributed by atoms with E-state index in [1.165, 1.54) is 0 Å². The van der Waals surface area contributed by atoms with E-state index in [1.54, 1.807) is 16.4 Å². The average molecular weight is 282 g/mol. The van der Waals surface area contributed by atoms with Crippen LogP contribution in [0.25, 0.3) is 0 Å². The second-order valence-electron chi connectivity index (χ2n) is 4.90. The molecular formula is C12H18N4O2S. The molecule has 1 amide bonds. The molecule has 3 heterocycles. The van der Waals surface area contributed by atoms with Gasteiger partial charge in [-0.05, 0) is 12.8 Å². The third-order valence-corrected chi connectivity index (χ3v) is 4.48. The van der Waals surface area contributed by atoms with Crippen LogP contribution in [0.4, 0.5) is 5.82 Å². The molecule has 2 aliphatic heterocycles. The molecule has 0 radical (unpaired) electrons. The molecular weight excluding hydrogens is 264 g/mol. The molecule has 2 aliphatic rings. The van der Waals surface area contributed by atoms with E-state index in [0.29, 0.717) is 12.4 Å². The number of amides is 1. The van der Waals surface area contributed by atoms with Crippen LogP contribution in [0.5, 0.6) is 0 Å². The predicted molar refractivity (Wildman–Crippen MR) is 73.6 cm³/mol. The summed E-state index contributed by atoms with van der Waals surface area (Å²) in [6.45, 7) is 1.57. The standard InChI is InChI=1S/C12H18N4O2S/c13-12-9-6-19-7-10(9)15-16(12)5-11(17)14-4-8-2-1-3-18-8/h8H,1-7,13H2,(H,14,17)/t8-/m1/s1. The lowest BCUT2D eigenvalue weighted by atomic mass is 10.2. The van der Waals surface area contributed by atoms with Crippen molar-refractivity contribution in [1.82, 2.24) is 15.1 Å². The Morgan fingerprint density at radius 3 is 3.21 bits per heavy atom. The van der Waals surface area contributed by atoms with Crippen molar-refractivity contribution in [3.63, 3.8) is 0 Å². The Bertz CT molecular complexity index is 482. The van der Waals surface area contributed by atoms with Crippen molar-refractivity contribution in [2.45, 2.75) is 37.0 Å². The quantitative estimate of drug-likeness (QED) is 0.840. The highest BCUT2D eigenvalue weighted by Gasteiger charge is 2.22. The summed E-state index contributed by atoms with van der Waals surface area (Å²) >= 11 is 1.81. The van der Waals surface area contributed by atoms with Gasteiger partial charge in [-0.25, -0.2) is 4.68 Å². The van der Waals surface area contributed by atoms with E-state index in [1.807, 2.05) is 0 Å². The molecule has 0 spiro atoms. The van der Waals surface area contributed by atoms with Crippen LogP contribution in [0.15, 0.2) is 0 Å². The molecule has 0 saturated carbocycles. The van der Waals surface area contributed by atoms with Crippen LogP contribution >= 0.6 is 11.8 Å². The van der Waals surface area contributed by atoms with Crippen molar-refractivity contribution in [2.75, 3.05) is 18.9 Å². The fourth-order valence-electron chi connectivity index (χ4n) is 2.43. The zero-order valence-electron chi connectivity index (χ0n) is 10.7. The van der Waals surface area contributed by atoms with Gasteiger partial charge in [-0.3, -0.25) is 4.79 Å². The second kappa shape index (κ2) is 5.42. The van der Waals surface area contributed by atoms with Gasteiger partial charge in [-0.15, -0.1) is 0 Å². The van der Waals surface area contributed by atoms with Crippen molar-refractivity contribution >= 4 is 23.5 Å². The van der Waals surface area contributed by atoms with Gasteiger partial charge in [0, 0.05) is 30.2 Å². The summed E-state index contributed by atoms with van der Waals surface area (Å²) in [5.41, 5.74) is 8.12. The first kappa shape index (κ1) is 12.8. The first-order valence-electron chi connectivity index (χ1n) is 6.54. The van der Waals surface area contributed by atoms with Crippen molar-refractivity contribution in [1.29, 1.82) is 0 Å². The molecule has 0 aliphatic carbocycles. The van der Waals surface area contributed by atoms with E-state index in [9.17, 15) is 4.79 Å². The fraction of sp³-hybridized carbons (Fsp3) is 0.667. The Kier molecular flexibility index (Phi) is 3.65. The molecule has 1 fully saturated rings. The van der Waals surface area contributed by atoms with Crippen LogP contribution in [0.1, 0.15) is 24.1 Å². The minimum atomic E-state index is -0.0592. The van der Waals surface area contributed by atoms with Gasteiger partial charge >= 0.3 is 0 Å². The first-order valence-corrected chi connectivity index (χ1v) is 7.69. The minimum absolute atomic E-state index is 0.0592. The Labute approximate surface area is 116 Å². The van der Waals surface area contributed by atoms with Gasteiger partial charge in [0.15, 0.2) is 0 Å². The topological polar surface area (TPSA) is 82.2 Å². The number of rotatable bonds is 4. The van der Waals surface area contributed by atoms with E-state index < -0.39 is 0 Å². The second-order valence-corrected chi connectivity index (χ2v) is 5.89. The SMILES string of the molecule is Nc1c2c(nn1CC(=O)NC[C@H]1CCCO1)CSC2. The highest BCUT2D eigenvalue weighted by Crippen LogP contribution is 2.32. The maximum absolute atomic E-state index is 11.9. The van der Waals surface area contributed by atoms with Crippen LogP contribution in [-0.2, 0) is 27.6 Å². The molecule has 0 bridgehead atoms. The van der Waals surface area contributed by atoms with Crippen LogP contribution in [0.2, 0.25) is 0 Å². The molecule has 1 saturated heterocycles. The third kappa shape index (κ3) is 2.71. The summed E-state index contributed by atoms with van der Waals surface area (Å²) in [5, 5.41) is 7.27. The number of thioether (sulfide) groups is 1. The number of nitrogens with two attached hydrogens (primary N) is 1. The Morgan fingerprint density at radius 1 is 1.58 bits per heavy atom. The first-order chi connectivity index (χ1) is 9.24. The number of aromatic nitrogens is 2. The normalized spacial score (nSPS) is 21.6. The summed E-state index contributed by atoms with van der Waals surface area (Å²) in [4.78, 5) is 11.9. The number of hydrogen-bond donors (Lipinski definition) is 2. The number of nitrogens with zero attached hydrogens (tertiary/aromatic N) is 2. The summed E-state index contributed by atoms with van der Waals surface area (Å²) in [5.74, 6) is 2.37. The zero-order chi connectivity index (χ0) is 13.2. The van der Waals surface area contributed by atoms with Gasteiger partial charge < -0.3 is 15.8 Å². The summed E-state index contributed by atoms with van der Waals surface area (Å²) in [7, 11) is 0. The lowest BCUT2D eigenvalue weighted by Crippen LogP contribution is -2.34. The van der Waals surface area contributed by atoms with Crippen molar-refractivity contribution in [3.05, 3.63) is 11.3 Å². The lowest BCUT2D eigenvalue weighted by Gasteiger charge is -2.11. The monoisotopic (exact) mass is 282 g/mol. The fourth-order valence-corrected chi connectivity index (χ4v) is 3.48. The molecule has 3 rings (SSSR count). The Morgan fingerprint density at radius 2 is 2.47 bits per heavy atom. The van der Waals surface area contributed by atoms with Gasteiger partial charge in [0.2, 0.25) is 5.91 Å². The number of ether oxygens (including phenoxy) is 1. The molecule has 1 aromatic rings. The molecule has 1 aromatic heterocycles. The lowest BCUT2D eigenvalue weighted by molar-refractivity contribution is -0.122. The maximum atomic E-state index is 11.9. The summed E-state index contributed by atoms with van der Waals surface area (Å²) in [6.07, 6.45) is 2.27. The molecule has 6 nitrogen and oxygen atoms in total. The highest BCUT2D eigenvalue weighted by atomic mass is 32.2. The molecule has 0 unspecified atom stereocenters. The van der Waals surface area contributed by atoms with E-state index in [0.717, 1.165) is 42.2 Å². The van der Waals surface area contributed by atoms with Crippen LogP contribution < -0.4 is 11.1 Å². The average Bonchev–Trinajstić information content (AvgIpc) is 3.09. The van der Waals surface area contributed by atoms with Crippen LogP contribution in [0, 0.1) is 0 Å². The molecule has 19 heavy (non-hydrogen) atoms. The summed E-state index contributed by atoms with van der Waals surface area (Å²) in [6, 6.07) is 0. The van der Waals surface area contributed by atoms with E-state index in [2.05, 4.69) is 10.4 Å². The van der Waals surface area contributed by atoms with E-state index >= 15 is 0 Å². The number of hydrogen-bond acceptors (Lipinski definition) is 5. The van der Waals surface area contributed by atoms with Crippen molar-refractivity contribution in [3.8, 4) is 0 Å². The number of nitrogen functional groups attached to an aromatic ring is 1. The van der Waals surface area contributed by atoms with Gasteiger partial charge in [-0.1, -0.05) is 0 Å². The van der Waals surface area contributed by atoms with Gasteiger partial charge in [0.1, 0.15) is 12.4 Å². The van der Waals surface area contributed by atoms with Crippen molar-refractivity contribution in [2.24, 2.45) is 0 Å². The maximum Gasteiger partial charge on any atom is 0.241 e. The van der Waals surface area contributed by atoms with Gasteiger partial charge in [0.05, 0.1) is 11.8 Å². The van der Waals surface area contributed by atoms with Crippen LogP contribution in [-0.4, -0.2) is 34.9 Å². The van der Waals surface area contributed by atoms with E-state index in [-0.39, 0.29) is 18.6 Å². The molecule has 1 atom stereocenters. The smallest absolute Gasteiger partial charge is 0.241 e. The largest absolute Gasteiger partial charge is 0.384 e.